The summed E-state index contributed by atoms with van der Waals surface area (Å²) in [5.74, 6) is 1.54. The van der Waals surface area contributed by atoms with Crippen LogP contribution in [-0.4, -0.2) is 23.2 Å². The number of ether oxygens (including phenoxy) is 1. The zero-order valence-corrected chi connectivity index (χ0v) is 14.2. The van der Waals surface area contributed by atoms with E-state index in [-0.39, 0.29) is 12.3 Å². The van der Waals surface area contributed by atoms with E-state index in [2.05, 4.69) is 15.5 Å². The lowest BCUT2D eigenvalue weighted by Crippen LogP contribution is -2.13. The molecule has 1 amide bonds. The minimum Gasteiger partial charge on any atom is -0.497 e. The molecule has 0 spiro atoms. The maximum atomic E-state index is 12.1. The second-order valence-corrected chi connectivity index (χ2v) is 5.61. The first-order valence-corrected chi connectivity index (χ1v) is 7.98. The summed E-state index contributed by atoms with van der Waals surface area (Å²) in [6.07, 6.45) is 0.656. The normalized spacial score (nSPS) is 10.5. The number of para-hydroxylation sites is 1. The van der Waals surface area contributed by atoms with Gasteiger partial charge in [0.05, 0.1) is 7.11 Å². The van der Waals surface area contributed by atoms with Crippen LogP contribution in [0.25, 0.3) is 11.4 Å². The number of aryl methyl sites for hydroxylation is 2. The molecule has 0 aliphatic rings. The Morgan fingerprint density at radius 2 is 2.04 bits per heavy atom. The van der Waals surface area contributed by atoms with E-state index in [0.717, 1.165) is 22.6 Å². The fourth-order valence-corrected chi connectivity index (χ4v) is 2.38. The third-order valence-electron chi connectivity index (χ3n) is 3.78. The molecule has 0 bridgehead atoms. The van der Waals surface area contributed by atoms with Crippen LogP contribution in [0.2, 0.25) is 0 Å². The SMILES string of the molecule is COc1cccc(-c2noc(CCC(=O)Nc3ccccc3C)n2)c1. The number of carbonyl (C=O) groups is 1. The Morgan fingerprint density at radius 3 is 2.84 bits per heavy atom. The van der Waals surface area contributed by atoms with Crippen LogP contribution in [0.5, 0.6) is 5.75 Å². The van der Waals surface area contributed by atoms with Crippen LogP contribution >= 0.6 is 0 Å². The summed E-state index contributed by atoms with van der Waals surface area (Å²) in [6, 6.07) is 15.1. The Hall–Kier alpha value is -3.15. The van der Waals surface area contributed by atoms with Gasteiger partial charge < -0.3 is 14.6 Å². The van der Waals surface area contributed by atoms with Gasteiger partial charge in [-0.2, -0.15) is 4.98 Å². The van der Waals surface area contributed by atoms with E-state index in [1.54, 1.807) is 7.11 Å². The Kier molecular flexibility index (Phi) is 5.09. The summed E-state index contributed by atoms with van der Waals surface area (Å²) >= 11 is 0. The molecule has 0 aliphatic carbocycles. The number of hydrogen-bond donors (Lipinski definition) is 1. The Labute approximate surface area is 145 Å². The molecule has 0 aliphatic heterocycles. The number of benzene rings is 2. The average molecular weight is 337 g/mol. The smallest absolute Gasteiger partial charge is 0.227 e. The number of hydrogen-bond acceptors (Lipinski definition) is 5. The lowest BCUT2D eigenvalue weighted by atomic mass is 10.2. The molecular weight excluding hydrogens is 318 g/mol. The maximum absolute atomic E-state index is 12.1. The fourth-order valence-electron chi connectivity index (χ4n) is 2.38. The average Bonchev–Trinajstić information content (AvgIpc) is 3.11. The lowest BCUT2D eigenvalue weighted by Gasteiger charge is -2.06. The van der Waals surface area contributed by atoms with Crippen molar-refractivity contribution in [2.24, 2.45) is 0 Å². The number of amides is 1. The highest BCUT2D eigenvalue weighted by Gasteiger charge is 2.12. The monoisotopic (exact) mass is 337 g/mol. The number of nitrogens with one attached hydrogen (secondary N) is 1. The molecule has 0 unspecified atom stereocenters. The first-order chi connectivity index (χ1) is 12.2. The minimum absolute atomic E-state index is 0.0876. The van der Waals surface area contributed by atoms with Crippen LogP contribution in [0.15, 0.2) is 53.1 Å². The number of nitrogens with zero attached hydrogens (tertiary/aromatic N) is 2. The molecule has 0 fully saturated rings. The van der Waals surface area contributed by atoms with Crippen LogP contribution in [0.4, 0.5) is 5.69 Å². The van der Waals surface area contributed by atoms with Gasteiger partial charge in [0.25, 0.3) is 0 Å². The minimum atomic E-state index is -0.0876. The van der Waals surface area contributed by atoms with E-state index in [9.17, 15) is 4.79 Å². The molecule has 1 aromatic heterocycles. The molecule has 0 saturated carbocycles. The summed E-state index contributed by atoms with van der Waals surface area (Å²) in [6.45, 7) is 1.95. The van der Waals surface area contributed by atoms with Gasteiger partial charge in [0.1, 0.15) is 5.75 Å². The van der Waals surface area contributed by atoms with Crippen molar-refractivity contribution in [3.8, 4) is 17.1 Å². The molecular formula is C19H19N3O3. The first kappa shape index (κ1) is 16.7. The molecule has 3 rings (SSSR count). The van der Waals surface area contributed by atoms with Gasteiger partial charge in [-0.05, 0) is 30.7 Å². The van der Waals surface area contributed by atoms with E-state index in [0.29, 0.717) is 18.1 Å². The molecule has 25 heavy (non-hydrogen) atoms. The molecule has 3 aromatic rings. The zero-order chi connectivity index (χ0) is 17.6. The number of anilines is 1. The topological polar surface area (TPSA) is 77.2 Å². The predicted molar refractivity (Wildman–Crippen MR) is 94.4 cm³/mol. The van der Waals surface area contributed by atoms with Gasteiger partial charge in [0.2, 0.25) is 17.6 Å². The fraction of sp³-hybridized carbons (Fsp3) is 0.211. The number of rotatable bonds is 6. The lowest BCUT2D eigenvalue weighted by molar-refractivity contribution is -0.116. The molecule has 1 N–H and O–H groups in total. The molecule has 1 heterocycles. The number of aromatic nitrogens is 2. The first-order valence-electron chi connectivity index (χ1n) is 7.98. The van der Waals surface area contributed by atoms with Crippen LogP contribution < -0.4 is 10.1 Å². The van der Waals surface area contributed by atoms with Crippen molar-refractivity contribution < 1.29 is 14.1 Å². The number of carbonyl (C=O) groups excluding carboxylic acids is 1. The molecule has 6 nitrogen and oxygen atoms in total. The number of methoxy groups -OCH3 is 1. The van der Waals surface area contributed by atoms with E-state index in [1.807, 2.05) is 55.5 Å². The Bertz CT molecular complexity index is 874. The van der Waals surface area contributed by atoms with E-state index in [1.165, 1.54) is 0 Å². The van der Waals surface area contributed by atoms with Gasteiger partial charge in [-0.1, -0.05) is 35.5 Å². The van der Waals surface area contributed by atoms with Crippen molar-refractivity contribution in [1.82, 2.24) is 10.1 Å². The maximum Gasteiger partial charge on any atom is 0.227 e. The third kappa shape index (κ3) is 4.23. The van der Waals surface area contributed by atoms with E-state index >= 15 is 0 Å². The molecule has 128 valence electrons. The standard InChI is InChI=1S/C19H19N3O3/c1-13-6-3-4-9-16(13)20-17(23)10-11-18-21-19(22-25-18)14-7-5-8-15(12-14)24-2/h3-9,12H,10-11H2,1-2H3,(H,20,23). The van der Waals surface area contributed by atoms with Gasteiger partial charge in [-0.3, -0.25) is 4.79 Å². The second-order valence-electron chi connectivity index (χ2n) is 5.61. The summed E-state index contributed by atoms with van der Waals surface area (Å²) in [4.78, 5) is 16.4. The second kappa shape index (κ2) is 7.61. The summed E-state index contributed by atoms with van der Waals surface area (Å²) in [5.41, 5.74) is 2.64. The predicted octanol–water partition coefficient (Wildman–Crippen LogP) is 3.62. The highest BCUT2D eigenvalue weighted by atomic mass is 16.5. The summed E-state index contributed by atoms with van der Waals surface area (Å²) in [7, 11) is 1.60. The molecule has 2 aromatic carbocycles. The van der Waals surface area contributed by atoms with Gasteiger partial charge in [0.15, 0.2) is 0 Å². The Morgan fingerprint density at radius 1 is 1.20 bits per heavy atom. The van der Waals surface area contributed by atoms with Gasteiger partial charge >= 0.3 is 0 Å². The van der Waals surface area contributed by atoms with Gasteiger partial charge in [0, 0.05) is 24.1 Å². The van der Waals surface area contributed by atoms with Crippen LogP contribution in [0.3, 0.4) is 0 Å². The van der Waals surface area contributed by atoms with Crippen molar-refractivity contribution in [2.75, 3.05) is 12.4 Å². The summed E-state index contributed by atoms with van der Waals surface area (Å²) in [5, 5.41) is 6.85. The van der Waals surface area contributed by atoms with Crippen LogP contribution in [0.1, 0.15) is 17.9 Å². The van der Waals surface area contributed by atoms with Crippen molar-refractivity contribution >= 4 is 11.6 Å². The third-order valence-corrected chi connectivity index (χ3v) is 3.78. The molecule has 0 atom stereocenters. The molecule has 0 saturated heterocycles. The van der Waals surface area contributed by atoms with Crippen molar-refractivity contribution in [2.45, 2.75) is 19.8 Å². The van der Waals surface area contributed by atoms with Crippen LogP contribution in [-0.2, 0) is 11.2 Å². The van der Waals surface area contributed by atoms with E-state index in [4.69, 9.17) is 9.26 Å². The van der Waals surface area contributed by atoms with Crippen molar-refractivity contribution in [3.63, 3.8) is 0 Å². The van der Waals surface area contributed by atoms with Gasteiger partial charge in [-0.25, -0.2) is 0 Å². The Balaban J connectivity index is 1.60. The van der Waals surface area contributed by atoms with Crippen molar-refractivity contribution in [3.05, 3.63) is 60.0 Å². The van der Waals surface area contributed by atoms with E-state index < -0.39 is 0 Å². The molecule has 6 heteroatoms. The quantitative estimate of drug-likeness (QED) is 0.743. The van der Waals surface area contributed by atoms with Crippen LogP contribution in [0, 0.1) is 6.92 Å². The van der Waals surface area contributed by atoms with Crippen molar-refractivity contribution in [1.29, 1.82) is 0 Å². The zero-order valence-electron chi connectivity index (χ0n) is 14.2. The highest BCUT2D eigenvalue weighted by molar-refractivity contribution is 5.91. The largest absolute Gasteiger partial charge is 0.497 e. The summed E-state index contributed by atoms with van der Waals surface area (Å²) < 4.78 is 10.4. The van der Waals surface area contributed by atoms with Gasteiger partial charge in [-0.15, -0.1) is 0 Å². The molecule has 0 radical (unpaired) electrons. The highest BCUT2D eigenvalue weighted by Crippen LogP contribution is 2.21.